The largest absolute Gasteiger partial charge is 0.583 e. The fourth-order valence-corrected chi connectivity index (χ4v) is 4.08. The van der Waals surface area contributed by atoms with E-state index in [2.05, 4.69) is 10.6 Å². The number of amides is 2. The summed E-state index contributed by atoms with van der Waals surface area (Å²) in [7, 11) is 0.288. The predicted octanol–water partition coefficient (Wildman–Crippen LogP) is 2.67. The van der Waals surface area contributed by atoms with Crippen LogP contribution in [0, 0.1) is 12.3 Å². The monoisotopic (exact) mass is 451 g/mol. The SMILES string of the molecule is CC[C@@H](N(NC(=O)c1cccc(OC)c1C)C(=O)c1ccc2c(c1)B(O)ON=C2)C(C)(C)C. The molecule has 1 atom stereocenters. The number of carbonyl (C=O) groups excluding carboxylic acids is 2. The minimum absolute atomic E-state index is 0.293. The number of ether oxygens (including phenoxy) is 1. The first-order chi connectivity index (χ1) is 15.6. The third-order valence-corrected chi connectivity index (χ3v) is 5.84. The lowest BCUT2D eigenvalue weighted by Crippen LogP contribution is -2.56. The molecule has 9 heteroatoms. The van der Waals surface area contributed by atoms with Gasteiger partial charge in [-0.2, -0.15) is 0 Å². The molecule has 0 aliphatic carbocycles. The van der Waals surface area contributed by atoms with Gasteiger partial charge in [0.25, 0.3) is 11.8 Å². The number of rotatable bonds is 5. The predicted molar refractivity (Wildman–Crippen MR) is 128 cm³/mol. The third kappa shape index (κ3) is 5.03. The maximum absolute atomic E-state index is 13.7. The molecule has 3 rings (SSSR count). The summed E-state index contributed by atoms with van der Waals surface area (Å²) in [5, 5.41) is 15.2. The van der Waals surface area contributed by atoms with E-state index in [9.17, 15) is 14.6 Å². The lowest BCUT2D eigenvalue weighted by Gasteiger charge is -2.39. The number of hydrogen-bond acceptors (Lipinski definition) is 6. The van der Waals surface area contributed by atoms with E-state index in [1.54, 1.807) is 50.4 Å². The van der Waals surface area contributed by atoms with Gasteiger partial charge in [0.1, 0.15) is 5.75 Å². The van der Waals surface area contributed by atoms with Gasteiger partial charge in [-0.25, -0.2) is 5.01 Å². The highest BCUT2D eigenvalue weighted by atomic mass is 16.6. The van der Waals surface area contributed by atoms with Crippen LogP contribution in [0.1, 0.15) is 66.0 Å². The highest BCUT2D eigenvalue weighted by Crippen LogP contribution is 2.28. The van der Waals surface area contributed by atoms with E-state index < -0.39 is 13.0 Å². The summed E-state index contributed by atoms with van der Waals surface area (Å²) in [6.45, 7) is 9.83. The van der Waals surface area contributed by atoms with Gasteiger partial charge in [0, 0.05) is 22.2 Å². The van der Waals surface area contributed by atoms with Crippen molar-refractivity contribution in [1.29, 1.82) is 0 Å². The minimum Gasteiger partial charge on any atom is -0.496 e. The van der Waals surface area contributed by atoms with E-state index in [1.165, 1.54) is 11.2 Å². The Morgan fingerprint density at radius 1 is 1.27 bits per heavy atom. The highest BCUT2D eigenvalue weighted by molar-refractivity contribution is 6.62. The summed E-state index contributed by atoms with van der Waals surface area (Å²) < 4.78 is 10.2. The van der Waals surface area contributed by atoms with E-state index >= 15 is 0 Å². The Morgan fingerprint density at radius 2 is 2.00 bits per heavy atom. The zero-order chi connectivity index (χ0) is 24.3. The van der Waals surface area contributed by atoms with Crippen LogP contribution in [0.15, 0.2) is 41.6 Å². The molecular weight excluding hydrogens is 421 g/mol. The smallest absolute Gasteiger partial charge is 0.496 e. The van der Waals surface area contributed by atoms with Crippen molar-refractivity contribution in [2.75, 3.05) is 7.11 Å². The van der Waals surface area contributed by atoms with Crippen LogP contribution in [-0.4, -0.2) is 48.3 Å². The molecule has 174 valence electrons. The molecule has 2 N–H and O–H groups in total. The molecule has 1 aliphatic rings. The Hall–Kier alpha value is -3.33. The molecule has 1 aliphatic heterocycles. The van der Waals surface area contributed by atoms with Gasteiger partial charge in [0.15, 0.2) is 0 Å². The lowest BCUT2D eigenvalue weighted by molar-refractivity contribution is 0.0284. The van der Waals surface area contributed by atoms with E-state index in [0.29, 0.717) is 39.9 Å². The van der Waals surface area contributed by atoms with Gasteiger partial charge >= 0.3 is 7.12 Å². The third-order valence-electron chi connectivity index (χ3n) is 5.84. The first-order valence-electron chi connectivity index (χ1n) is 10.9. The number of oxime groups is 1. The normalized spacial score (nSPS) is 13.6. The Balaban J connectivity index is 2.00. The average molecular weight is 451 g/mol. The summed E-state index contributed by atoms with van der Waals surface area (Å²) >= 11 is 0. The quantitative estimate of drug-likeness (QED) is 0.538. The Kier molecular flexibility index (Phi) is 7.12. The maximum Gasteiger partial charge on any atom is 0.583 e. The molecule has 8 nitrogen and oxygen atoms in total. The summed E-state index contributed by atoms with van der Waals surface area (Å²) in [4.78, 5) is 27.0. The van der Waals surface area contributed by atoms with E-state index in [-0.39, 0.29) is 17.4 Å². The van der Waals surface area contributed by atoms with Gasteiger partial charge in [-0.15, -0.1) is 5.16 Å². The molecule has 33 heavy (non-hydrogen) atoms. The molecule has 1 heterocycles. The minimum atomic E-state index is -1.26. The molecule has 0 spiro atoms. The average Bonchev–Trinajstić information content (AvgIpc) is 2.77. The molecule has 0 unspecified atom stereocenters. The van der Waals surface area contributed by atoms with Crippen molar-refractivity contribution >= 4 is 30.6 Å². The van der Waals surface area contributed by atoms with Crippen molar-refractivity contribution in [3.05, 3.63) is 58.7 Å². The van der Waals surface area contributed by atoms with Gasteiger partial charge in [0.2, 0.25) is 0 Å². The second kappa shape index (κ2) is 9.66. The molecule has 2 aromatic carbocycles. The number of hydrogen-bond donors (Lipinski definition) is 2. The van der Waals surface area contributed by atoms with Crippen molar-refractivity contribution in [2.24, 2.45) is 10.6 Å². The fraction of sp³-hybridized carbons (Fsp3) is 0.375. The van der Waals surface area contributed by atoms with Gasteiger partial charge in [-0.3, -0.25) is 15.0 Å². The van der Waals surface area contributed by atoms with Crippen LogP contribution in [-0.2, 0) is 4.76 Å². The number of methoxy groups -OCH3 is 1. The standard InChI is InChI=1S/C24H30BN3O5/c1-7-21(24(3,4)5)28(27-22(29)18-9-8-10-20(32-6)15(18)2)23(30)16-11-12-17-14-26-33-25(31)19(17)13-16/h8-14,21,31H,7H2,1-6H3,(H,27,29)/t21-/m1/s1. The van der Waals surface area contributed by atoms with E-state index in [0.717, 1.165) is 0 Å². The number of nitrogens with one attached hydrogen (secondary N) is 1. The molecule has 0 aromatic heterocycles. The first kappa shape index (κ1) is 24.3. The van der Waals surface area contributed by atoms with Gasteiger partial charge in [-0.05, 0) is 48.6 Å². The van der Waals surface area contributed by atoms with Gasteiger partial charge < -0.3 is 14.5 Å². The van der Waals surface area contributed by atoms with Crippen molar-refractivity contribution in [3.63, 3.8) is 0 Å². The number of hydrazine groups is 1. The number of benzene rings is 2. The van der Waals surface area contributed by atoms with Crippen LogP contribution in [0.2, 0.25) is 0 Å². The molecule has 0 fully saturated rings. The molecule has 2 amide bonds. The zero-order valence-corrected chi connectivity index (χ0v) is 19.9. The number of fused-ring (bicyclic) bond motifs is 1. The van der Waals surface area contributed by atoms with Gasteiger partial charge in [-0.1, -0.05) is 39.8 Å². The molecule has 0 saturated carbocycles. The van der Waals surface area contributed by atoms with Gasteiger partial charge in [0.05, 0.1) is 19.4 Å². The second-order valence-corrected chi connectivity index (χ2v) is 9.07. The Labute approximate surface area is 194 Å². The van der Waals surface area contributed by atoms with Crippen molar-refractivity contribution in [1.82, 2.24) is 10.4 Å². The van der Waals surface area contributed by atoms with Crippen LogP contribution >= 0.6 is 0 Å². The summed E-state index contributed by atoms with van der Waals surface area (Å²) in [5.41, 5.74) is 5.05. The lowest BCUT2D eigenvalue weighted by atomic mass is 9.75. The van der Waals surface area contributed by atoms with Crippen LogP contribution in [0.25, 0.3) is 0 Å². The molecule has 0 bridgehead atoms. The summed E-state index contributed by atoms with van der Waals surface area (Å²) in [6.07, 6.45) is 2.10. The molecule has 2 aromatic rings. The molecule has 0 radical (unpaired) electrons. The van der Waals surface area contributed by atoms with Crippen LogP contribution < -0.4 is 15.6 Å². The Morgan fingerprint density at radius 3 is 2.64 bits per heavy atom. The van der Waals surface area contributed by atoms with Crippen molar-refractivity contribution in [3.8, 4) is 5.75 Å². The number of carbonyl (C=O) groups is 2. The Bertz CT molecular complexity index is 1080. The van der Waals surface area contributed by atoms with Crippen LogP contribution in [0.4, 0.5) is 0 Å². The topological polar surface area (TPSA) is 100 Å². The molecular formula is C24H30BN3O5. The maximum atomic E-state index is 13.7. The zero-order valence-electron chi connectivity index (χ0n) is 19.9. The summed E-state index contributed by atoms with van der Waals surface area (Å²) in [6, 6.07) is 9.83. The van der Waals surface area contributed by atoms with E-state index in [4.69, 9.17) is 9.49 Å². The highest BCUT2D eigenvalue weighted by Gasteiger charge is 2.35. The number of nitrogens with zero attached hydrogens (tertiary/aromatic N) is 2. The summed E-state index contributed by atoms with van der Waals surface area (Å²) in [5.74, 6) is -0.201. The van der Waals surface area contributed by atoms with Crippen LogP contribution in [0.3, 0.4) is 0 Å². The molecule has 0 saturated heterocycles. The van der Waals surface area contributed by atoms with E-state index in [1.807, 2.05) is 27.7 Å². The second-order valence-electron chi connectivity index (χ2n) is 9.07. The fourth-order valence-electron chi connectivity index (χ4n) is 4.08. The van der Waals surface area contributed by atoms with Crippen molar-refractivity contribution in [2.45, 2.75) is 47.1 Å². The van der Waals surface area contributed by atoms with Crippen LogP contribution in [0.5, 0.6) is 5.75 Å². The first-order valence-corrected chi connectivity index (χ1v) is 10.9. The van der Waals surface area contributed by atoms with Crippen molar-refractivity contribution < 1.29 is 24.1 Å².